The predicted molar refractivity (Wildman–Crippen MR) is 263 cm³/mol. The third-order valence-corrected chi connectivity index (χ3v) is 14.5. The fourth-order valence-electron chi connectivity index (χ4n) is 9.50. The first-order chi connectivity index (χ1) is 37.5. The lowest BCUT2D eigenvalue weighted by Crippen LogP contribution is -2.63. The van der Waals surface area contributed by atoms with E-state index in [0.717, 1.165) is 58.5 Å². The van der Waals surface area contributed by atoms with Crippen LogP contribution in [0.4, 0.5) is 59.4 Å². The van der Waals surface area contributed by atoms with Crippen LogP contribution in [0.2, 0.25) is 0 Å². The van der Waals surface area contributed by atoms with Gasteiger partial charge in [-0.15, -0.1) is 0 Å². The molecular weight excluding hydrogens is 1080 g/mol. The molecule has 19 nitrogen and oxygen atoms in total. The van der Waals surface area contributed by atoms with Gasteiger partial charge in [0, 0.05) is 73.5 Å². The Labute approximate surface area is 451 Å². The molecule has 0 spiro atoms. The maximum atomic E-state index is 16.0. The monoisotopic (exact) mass is 1140 g/mol. The van der Waals surface area contributed by atoms with E-state index in [1.54, 1.807) is 12.4 Å². The maximum absolute atomic E-state index is 16.0. The van der Waals surface area contributed by atoms with Gasteiger partial charge in [-0.1, -0.05) is 24.0 Å². The molecule has 0 aliphatic carbocycles. The van der Waals surface area contributed by atoms with Crippen LogP contribution in [0, 0.1) is 34.3 Å². The van der Waals surface area contributed by atoms with E-state index in [0.29, 0.717) is 80.0 Å². The molecule has 4 amide bonds. The number of halogens is 10. The number of aliphatic hydroxyl groups excluding tert-OH is 1. The van der Waals surface area contributed by atoms with Gasteiger partial charge in [-0.2, -0.15) is 40.2 Å². The highest BCUT2D eigenvalue weighted by molar-refractivity contribution is 5.87. The molecule has 29 heteroatoms. The van der Waals surface area contributed by atoms with Crippen LogP contribution in [0.5, 0.6) is 0 Å². The first kappa shape index (κ1) is 60.4. The molecule has 80 heavy (non-hydrogen) atoms. The van der Waals surface area contributed by atoms with E-state index >= 15 is 8.78 Å². The van der Waals surface area contributed by atoms with Gasteiger partial charge in [0.1, 0.15) is 23.7 Å². The van der Waals surface area contributed by atoms with Crippen molar-refractivity contribution in [3.05, 3.63) is 94.9 Å². The molecule has 2 aromatic heterocycles. The normalized spacial score (nSPS) is 18.6. The Balaban J connectivity index is 1.18. The second-order valence-corrected chi connectivity index (χ2v) is 20.7. The van der Waals surface area contributed by atoms with Gasteiger partial charge in [-0.05, 0) is 82.9 Å². The summed E-state index contributed by atoms with van der Waals surface area (Å²) >= 11 is 0. The summed E-state index contributed by atoms with van der Waals surface area (Å²) in [5, 5.41) is 31.1. The van der Waals surface area contributed by atoms with Crippen LogP contribution in [-0.4, -0.2) is 159 Å². The number of alkyl halides is 8. The SMILES string of the molecule is COC(=O)NC(C(=O)NC(Cc1ccc(C#Cc2cnc(N3CC4CCC(C3)N4C3COC3)nc2)cc1)C(O)CN(Cc1c(F)cc(-c2ccn(C(F)F)n2)cc1F)NC(=O)C(NC(=O)O)C(C)(C)C(F)(F)F)C(C)(C)C(F)(F)F. The zero-order valence-electron chi connectivity index (χ0n) is 43.5. The average molecular weight is 1140 g/mol. The second-order valence-electron chi connectivity index (χ2n) is 20.7. The van der Waals surface area contributed by atoms with E-state index in [2.05, 4.69) is 46.8 Å². The number of rotatable bonds is 19. The number of alkyl carbamates (subject to hydrolysis) is 1. The Kier molecular flexibility index (Phi) is 18.3. The molecule has 2 bridgehead atoms. The van der Waals surface area contributed by atoms with Crippen LogP contribution >= 0.6 is 0 Å². The molecule has 0 radical (unpaired) electrons. The number of methoxy groups -OCH3 is 1. The number of benzene rings is 2. The molecule has 2 aromatic carbocycles. The van der Waals surface area contributed by atoms with Crippen molar-refractivity contribution in [1.29, 1.82) is 0 Å². The van der Waals surface area contributed by atoms with Crippen molar-refractivity contribution < 1.29 is 82.8 Å². The van der Waals surface area contributed by atoms with E-state index in [9.17, 15) is 64.5 Å². The number of piperazine rings is 1. The van der Waals surface area contributed by atoms with E-state index in [1.807, 2.05) is 10.7 Å². The van der Waals surface area contributed by atoms with E-state index < -0.39 is 115 Å². The van der Waals surface area contributed by atoms with Gasteiger partial charge >= 0.3 is 31.1 Å². The summed E-state index contributed by atoms with van der Waals surface area (Å²) in [7, 11) is 0.808. The fraction of sp³-hybridized carbons (Fsp3) is 0.510. The number of carbonyl (C=O) groups is 4. The zero-order chi connectivity index (χ0) is 58.6. The number of hydrogen-bond donors (Lipinski definition) is 6. The summed E-state index contributed by atoms with van der Waals surface area (Å²) in [6, 6.07) is 2.42. The fourth-order valence-corrected chi connectivity index (χ4v) is 9.50. The number of carboxylic acid groups (broad SMARTS) is 1. The number of fused-ring (bicyclic) bond motifs is 2. The minimum Gasteiger partial charge on any atom is -0.465 e. The average Bonchev–Trinajstić information content (AvgIpc) is 3.96. The largest absolute Gasteiger partial charge is 0.465 e. The smallest absolute Gasteiger partial charge is 0.407 e. The summed E-state index contributed by atoms with van der Waals surface area (Å²) < 4.78 is 155. The van der Waals surface area contributed by atoms with Gasteiger partial charge < -0.3 is 40.5 Å². The molecule has 7 rings (SSSR count). The first-order valence-corrected chi connectivity index (χ1v) is 24.8. The van der Waals surface area contributed by atoms with Crippen molar-refractivity contribution in [2.24, 2.45) is 10.8 Å². The number of hydrazine groups is 1. The highest BCUT2D eigenvalue weighted by Gasteiger charge is 2.57. The number of nitrogens with one attached hydrogen (secondary N) is 4. The standard InChI is InChI=1S/C51H57F10N11O8/c1-48(2,50(56,57)58)40(66-47(78)79-5)42(74)64-38(16-28-9-6-27(7-10-28)8-11-29-19-62-45(63-20-29)69-21-31-12-13-32(22-69)72(31)33-25-80-26-33)39(73)24-70(68-43(75)41(65-46(76)77)49(3,4)51(59,60)61)23-34-35(52)17-30(18-36(34)53)37-14-15-71(67-37)44(54)55/h6-7,9-10,14-15,17-20,31-33,38-41,44,65,73H,12-13,16,21-26H2,1-5H3,(H,64,74)(H,66,78)(H,68,75)(H,76,77). The highest BCUT2D eigenvalue weighted by Crippen LogP contribution is 2.42. The molecule has 434 valence electrons. The summed E-state index contributed by atoms with van der Waals surface area (Å²) in [5.41, 5.74) is -4.84. The molecule has 0 saturated carbocycles. The molecule has 6 atom stereocenters. The van der Waals surface area contributed by atoms with Gasteiger partial charge in [-0.25, -0.2) is 38.0 Å². The van der Waals surface area contributed by atoms with E-state index in [4.69, 9.17) is 4.74 Å². The van der Waals surface area contributed by atoms with Gasteiger partial charge in [0.05, 0.1) is 60.6 Å². The molecule has 3 aliphatic heterocycles. The van der Waals surface area contributed by atoms with Crippen LogP contribution < -0.4 is 26.3 Å². The minimum absolute atomic E-state index is 0.186. The van der Waals surface area contributed by atoms with Gasteiger partial charge in [0.2, 0.25) is 11.9 Å². The number of carbonyl (C=O) groups excluding carboxylic acids is 3. The zero-order valence-corrected chi connectivity index (χ0v) is 43.5. The van der Waals surface area contributed by atoms with Crippen molar-refractivity contribution in [2.75, 3.05) is 44.9 Å². The number of hydrogen-bond acceptors (Lipinski definition) is 13. The summed E-state index contributed by atoms with van der Waals surface area (Å²) in [5.74, 6) is 0.239. The van der Waals surface area contributed by atoms with Crippen molar-refractivity contribution >= 4 is 29.9 Å². The van der Waals surface area contributed by atoms with Crippen LogP contribution in [0.1, 0.15) is 69.3 Å². The highest BCUT2D eigenvalue weighted by atomic mass is 19.4. The van der Waals surface area contributed by atoms with Gasteiger partial charge in [0.15, 0.2) is 0 Å². The third-order valence-electron chi connectivity index (χ3n) is 14.5. The third kappa shape index (κ3) is 13.8. The number of ether oxygens (including phenoxy) is 2. The molecule has 6 N–H and O–H groups in total. The number of nitrogens with zero attached hydrogens (tertiary/aromatic N) is 7. The summed E-state index contributed by atoms with van der Waals surface area (Å²) in [6.07, 6.45) is -10.6. The lowest BCUT2D eigenvalue weighted by molar-refractivity contribution is -0.221. The Morgan fingerprint density at radius 2 is 1.38 bits per heavy atom. The van der Waals surface area contributed by atoms with Crippen LogP contribution in [0.15, 0.2) is 61.1 Å². The predicted octanol–water partition coefficient (Wildman–Crippen LogP) is 5.92. The summed E-state index contributed by atoms with van der Waals surface area (Å²) in [6.45, 7) is -0.389. The quantitative estimate of drug-likeness (QED) is 0.0364. The van der Waals surface area contributed by atoms with Crippen LogP contribution in [-0.2, 0) is 32.0 Å². The van der Waals surface area contributed by atoms with Gasteiger partial charge in [-0.3, -0.25) is 19.9 Å². The molecule has 3 aliphatic rings. The van der Waals surface area contributed by atoms with Crippen LogP contribution in [0.3, 0.4) is 0 Å². The number of aliphatic hydroxyl groups is 1. The molecule has 3 fully saturated rings. The maximum Gasteiger partial charge on any atom is 0.407 e. The number of amides is 4. The van der Waals surface area contributed by atoms with Crippen molar-refractivity contribution in [2.45, 2.75) is 115 Å². The molecule has 3 saturated heterocycles. The number of aromatic nitrogens is 4. The minimum atomic E-state index is -5.29. The van der Waals surface area contributed by atoms with E-state index in [-0.39, 0.29) is 21.5 Å². The van der Waals surface area contributed by atoms with Crippen LogP contribution in [0.25, 0.3) is 11.3 Å². The molecule has 6 unspecified atom stereocenters. The van der Waals surface area contributed by atoms with Crippen molar-refractivity contribution in [1.82, 2.24) is 51.0 Å². The van der Waals surface area contributed by atoms with E-state index in [1.165, 1.54) is 29.6 Å². The Morgan fingerprint density at radius 1 is 0.812 bits per heavy atom. The summed E-state index contributed by atoms with van der Waals surface area (Å²) in [4.78, 5) is 65.8. The Morgan fingerprint density at radius 3 is 1.88 bits per heavy atom. The van der Waals surface area contributed by atoms with Crippen molar-refractivity contribution in [3.8, 4) is 23.1 Å². The second kappa shape index (κ2) is 24.2. The molecule has 5 heterocycles. The van der Waals surface area contributed by atoms with Gasteiger partial charge in [0.25, 0.3) is 5.91 Å². The Bertz CT molecular complexity index is 2890. The topological polar surface area (TPSA) is 229 Å². The lowest BCUT2D eigenvalue weighted by Gasteiger charge is -2.47. The van der Waals surface area contributed by atoms with Crippen molar-refractivity contribution in [3.63, 3.8) is 0 Å². The molecule has 4 aromatic rings. The lowest BCUT2D eigenvalue weighted by atomic mass is 9.82. The molecular formula is C51H57F10N11O8. The first-order valence-electron chi connectivity index (χ1n) is 24.8. The Hall–Kier alpha value is -7.29. The number of anilines is 1.